The Morgan fingerprint density at radius 2 is 1.00 bits per heavy atom. The van der Waals surface area contributed by atoms with E-state index in [2.05, 4.69) is 68.7 Å². The molecule has 0 aliphatic rings. The van der Waals surface area contributed by atoms with Gasteiger partial charge in [-0.15, -0.1) is 0 Å². The maximum absolute atomic E-state index is 9.93. The van der Waals surface area contributed by atoms with Gasteiger partial charge in [0.25, 0.3) is 0 Å². The molecule has 8 nitrogen and oxygen atoms in total. The summed E-state index contributed by atoms with van der Waals surface area (Å²) < 4.78 is 9.74. The minimum absolute atomic E-state index is 0.223. The van der Waals surface area contributed by atoms with Gasteiger partial charge < -0.3 is 20.1 Å². The van der Waals surface area contributed by atoms with E-state index in [4.69, 9.17) is 4.74 Å². The van der Waals surface area contributed by atoms with E-state index in [1.807, 2.05) is 20.8 Å². The van der Waals surface area contributed by atoms with Crippen LogP contribution in [0, 0.1) is 0 Å². The highest BCUT2D eigenvalue weighted by molar-refractivity contribution is 14.1. The third kappa shape index (κ3) is 20.5. The molecule has 0 spiro atoms. The minimum atomic E-state index is -0.355. The van der Waals surface area contributed by atoms with Crippen molar-refractivity contribution in [2.24, 2.45) is 0 Å². The summed E-state index contributed by atoms with van der Waals surface area (Å²) >= 11 is 4.63. The van der Waals surface area contributed by atoms with Crippen molar-refractivity contribution in [1.29, 1.82) is 0 Å². The van der Waals surface area contributed by atoms with Gasteiger partial charge in [0, 0.05) is 105 Å². The van der Waals surface area contributed by atoms with E-state index in [1.54, 1.807) is 7.11 Å². The van der Waals surface area contributed by atoms with Gasteiger partial charge >= 0.3 is 0 Å². The van der Waals surface area contributed by atoms with Crippen molar-refractivity contribution in [3.63, 3.8) is 0 Å². The normalized spacial score (nSPS) is 16.3. The number of aliphatic hydroxyl groups is 3. The molecule has 0 bridgehead atoms. The number of hydrogen-bond acceptors (Lipinski definition) is 8. The summed E-state index contributed by atoms with van der Waals surface area (Å²) in [6, 6.07) is 0. The number of aliphatic hydroxyl groups excluding tert-OH is 3. The highest BCUT2D eigenvalue weighted by Gasteiger charge is 2.14. The molecule has 0 aromatic heterocycles. The lowest BCUT2D eigenvalue weighted by Gasteiger charge is -2.30. The zero-order valence-electron chi connectivity index (χ0n) is 20.8. The largest absolute Gasteiger partial charge is 0.392 e. The van der Waals surface area contributed by atoms with Crippen LogP contribution in [0.4, 0.5) is 0 Å². The molecule has 0 heterocycles. The second kappa shape index (κ2) is 20.3. The number of methoxy groups -OCH3 is 1. The average molecular weight is 686 g/mol. The summed E-state index contributed by atoms with van der Waals surface area (Å²) in [5.74, 6) is 0. The van der Waals surface area contributed by atoms with Gasteiger partial charge in [-0.3, -0.25) is 9.80 Å². The minimum Gasteiger partial charge on any atom is -0.392 e. The molecule has 0 aromatic carbocycles. The van der Waals surface area contributed by atoms with Crippen molar-refractivity contribution < 1.29 is 20.1 Å². The number of ether oxygens (including phenoxy) is 1. The standard InChI is InChI=1S/C22H48I2N4O4/c1-19(29)15-25(9-6-7-11-27(23)17-21(3)31)13-14-26(16-20(2)30)10-8-12-28(24)18-22(4)32-5/h19-22,29-31H,6-18H2,1-5H3/t19-,20-,21-,22-/m1/s1. The predicted octanol–water partition coefficient (Wildman–Crippen LogP) is 2.24. The SMILES string of the molecule is CO[C@H](C)CN(I)CCCN(CCN(CCCCN(I)C[C@@H](C)O)C[C@@H](C)O)C[C@@H](C)O. The quantitative estimate of drug-likeness (QED) is 0.0965. The van der Waals surface area contributed by atoms with Crippen LogP contribution in [0.15, 0.2) is 0 Å². The molecule has 4 atom stereocenters. The lowest BCUT2D eigenvalue weighted by atomic mass is 10.2. The molecule has 0 unspecified atom stereocenters. The van der Waals surface area contributed by atoms with E-state index in [1.165, 1.54) is 0 Å². The summed E-state index contributed by atoms with van der Waals surface area (Å²) in [6.07, 6.45) is 2.37. The monoisotopic (exact) mass is 686 g/mol. The van der Waals surface area contributed by atoms with Crippen LogP contribution >= 0.6 is 45.7 Å². The van der Waals surface area contributed by atoms with Crippen molar-refractivity contribution in [1.82, 2.24) is 16.0 Å². The Balaban J connectivity index is 4.47. The number of rotatable bonds is 21. The molecule has 0 aliphatic heterocycles. The number of nitrogens with zero attached hydrogens (tertiary/aromatic N) is 4. The summed E-state index contributed by atoms with van der Waals surface area (Å²) in [5, 5.41) is 29.3. The fourth-order valence-corrected chi connectivity index (χ4v) is 5.33. The van der Waals surface area contributed by atoms with Gasteiger partial charge in [-0.25, -0.2) is 6.23 Å². The number of unbranched alkanes of at least 4 members (excludes halogenated alkanes) is 1. The Bertz CT molecular complexity index is 437. The van der Waals surface area contributed by atoms with E-state index in [9.17, 15) is 15.3 Å². The third-order valence-corrected chi connectivity index (χ3v) is 6.85. The number of hydrogen-bond donors (Lipinski definition) is 3. The molecule has 0 fully saturated rings. The molecule has 3 N–H and O–H groups in total. The molecule has 0 saturated carbocycles. The predicted molar refractivity (Wildman–Crippen MR) is 149 cm³/mol. The Morgan fingerprint density at radius 3 is 1.47 bits per heavy atom. The second-order valence-electron chi connectivity index (χ2n) is 8.99. The van der Waals surface area contributed by atoms with E-state index < -0.39 is 0 Å². The first-order valence-electron chi connectivity index (χ1n) is 11.9. The summed E-state index contributed by atoms with van der Waals surface area (Å²) in [6.45, 7) is 16.1. The van der Waals surface area contributed by atoms with Crippen molar-refractivity contribution in [2.45, 2.75) is 71.4 Å². The summed E-state index contributed by atoms with van der Waals surface area (Å²) in [5.41, 5.74) is 0. The van der Waals surface area contributed by atoms with Gasteiger partial charge in [0.2, 0.25) is 0 Å². The Hall–Kier alpha value is 1.14. The fraction of sp³-hybridized carbons (Fsp3) is 1.00. The topological polar surface area (TPSA) is 82.9 Å². The third-order valence-electron chi connectivity index (χ3n) is 5.10. The van der Waals surface area contributed by atoms with E-state index in [0.29, 0.717) is 19.6 Å². The molecule has 0 rings (SSSR count). The van der Waals surface area contributed by atoms with Crippen LogP contribution in [0.25, 0.3) is 0 Å². The first-order valence-corrected chi connectivity index (χ1v) is 13.8. The molecular formula is C22H48I2N4O4. The molecule has 10 heteroatoms. The fourth-order valence-electron chi connectivity index (χ4n) is 3.53. The van der Waals surface area contributed by atoms with Crippen LogP contribution in [-0.2, 0) is 4.74 Å². The second-order valence-corrected chi connectivity index (χ2v) is 11.7. The highest BCUT2D eigenvalue weighted by Crippen LogP contribution is 2.07. The first kappa shape index (κ1) is 33.1. The van der Waals surface area contributed by atoms with Crippen LogP contribution < -0.4 is 0 Å². The van der Waals surface area contributed by atoms with Crippen molar-refractivity contribution in [3.05, 3.63) is 0 Å². The highest BCUT2D eigenvalue weighted by atomic mass is 127. The lowest BCUT2D eigenvalue weighted by Crippen LogP contribution is -2.42. The zero-order valence-corrected chi connectivity index (χ0v) is 25.1. The molecule has 0 aliphatic carbocycles. The van der Waals surface area contributed by atoms with Crippen LogP contribution in [0.1, 0.15) is 47.0 Å². The molecule has 0 amide bonds. The van der Waals surface area contributed by atoms with Crippen molar-refractivity contribution in [2.75, 3.05) is 72.6 Å². The molecule has 0 aromatic rings. The number of halogens is 2. The van der Waals surface area contributed by atoms with Gasteiger partial charge in [-0.05, 0) is 60.0 Å². The van der Waals surface area contributed by atoms with Crippen molar-refractivity contribution in [3.8, 4) is 0 Å². The molecular weight excluding hydrogens is 638 g/mol. The van der Waals surface area contributed by atoms with E-state index in [-0.39, 0.29) is 24.4 Å². The first-order chi connectivity index (χ1) is 15.0. The molecule has 194 valence electrons. The average Bonchev–Trinajstić information content (AvgIpc) is 2.67. The van der Waals surface area contributed by atoms with Crippen LogP contribution in [-0.4, -0.2) is 128 Å². The molecule has 0 radical (unpaired) electrons. The molecule has 0 saturated heterocycles. The van der Waals surface area contributed by atoms with Crippen LogP contribution in [0.2, 0.25) is 0 Å². The van der Waals surface area contributed by atoms with Crippen LogP contribution in [0.3, 0.4) is 0 Å². The Kier molecular flexibility index (Phi) is 21.1. The molecule has 32 heavy (non-hydrogen) atoms. The maximum Gasteiger partial charge on any atom is 0.0678 e. The van der Waals surface area contributed by atoms with Gasteiger partial charge in [0.1, 0.15) is 0 Å². The van der Waals surface area contributed by atoms with Crippen LogP contribution in [0.5, 0.6) is 0 Å². The van der Waals surface area contributed by atoms with E-state index >= 15 is 0 Å². The van der Waals surface area contributed by atoms with Gasteiger partial charge in [0.15, 0.2) is 0 Å². The van der Waals surface area contributed by atoms with Gasteiger partial charge in [-0.2, -0.15) is 0 Å². The van der Waals surface area contributed by atoms with E-state index in [0.717, 1.165) is 65.1 Å². The summed E-state index contributed by atoms with van der Waals surface area (Å²) in [7, 11) is 1.74. The zero-order chi connectivity index (χ0) is 24.5. The smallest absolute Gasteiger partial charge is 0.0678 e. The lowest BCUT2D eigenvalue weighted by molar-refractivity contribution is 0.0915. The Labute approximate surface area is 224 Å². The van der Waals surface area contributed by atoms with Gasteiger partial charge in [0.05, 0.1) is 24.4 Å². The van der Waals surface area contributed by atoms with Crippen molar-refractivity contribution >= 4 is 45.7 Å². The summed E-state index contributed by atoms with van der Waals surface area (Å²) in [4.78, 5) is 4.66. The van der Waals surface area contributed by atoms with Gasteiger partial charge in [-0.1, -0.05) is 0 Å². The Morgan fingerprint density at radius 1 is 0.594 bits per heavy atom. The maximum atomic E-state index is 9.93.